The Morgan fingerprint density at radius 3 is 2.42 bits per heavy atom. The summed E-state index contributed by atoms with van der Waals surface area (Å²) >= 11 is 0. The van der Waals surface area contributed by atoms with Crippen molar-refractivity contribution in [2.75, 3.05) is 13.7 Å². The van der Waals surface area contributed by atoms with Gasteiger partial charge in [0.25, 0.3) is 0 Å². The number of ketones is 1. The molecule has 11 heteroatoms. The molecule has 3 aromatic rings. The third kappa shape index (κ3) is 5.92. The quantitative estimate of drug-likeness (QED) is 0.236. The van der Waals surface area contributed by atoms with E-state index in [0.29, 0.717) is 16.9 Å². The summed E-state index contributed by atoms with van der Waals surface area (Å²) in [6.45, 7) is 2.18. The van der Waals surface area contributed by atoms with E-state index in [9.17, 15) is 34.8 Å². The van der Waals surface area contributed by atoms with E-state index in [0.717, 1.165) is 6.08 Å². The first-order chi connectivity index (χ1) is 19.0. The third-order valence-corrected chi connectivity index (χ3v) is 6.62. The van der Waals surface area contributed by atoms with Gasteiger partial charge in [0.2, 0.25) is 0 Å². The zero-order chi connectivity index (χ0) is 29.1. The van der Waals surface area contributed by atoms with Crippen LogP contribution in [-0.2, 0) is 25.5 Å². The van der Waals surface area contributed by atoms with Gasteiger partial charge in [-0.15, -0.1) is 0 Å². The van der Waals surface area contributed by atoms with Crippen LogP contribution in [0.15, 0.2) is 51.7 Å². The number of aliphatic hydroxyl groups excluding tert-OH is 3. The second kappa shape index (κ2) is 12.0. The Hall–Kier alpha value is -4.03. The molecular weight excluding hydrogens is 524 g/mol. The average molecular weight is 555 g/mol. The number of phenols is 1. The van der Waals surface area contributed by atoms with Crippen molar-refractivity contribution in [3.05, 3.63) is 75.1 Å². The number of aromatic hydroxyl groups is 1. The monoisotopic (exact) mass is 554 g/mol. The summed E-state index contributed by atoms with van der Waals surface area (Å²) in [5.74, 6) is -0.932. The van der Waals surface area contributed by atoms with E-state index in [1.165, 1.54) is 32.2 Å². The molecule has 4 N–H and O–H groups in total. The summed E-state index contributed by atoms with van der Waals surface area (Å²) < 4.78 is 22.3. The lowest BCUT2D eigenvalue weighted by Crippen LogP contribution is -2.56. The number of methoxy groups -OCH3 is 1. The smallest absolute Gasteiger partial charge is 0.331 e. The largest absolute Gasteiger partial charge is 0.507 e. The molecule has 0 radical (unpaired) electrons. The second-order valence-electron chi connectivity index (χ2n) is 9.55. The number of aliphatic hydroxyl groups is 3. The standard InChI is InChI=1S/C29H30O11/c1-14-10-19(32)24(27-23(14)20(33)12-18(38-27)11-15(2)31)28-29(26(36)25(35)21(13-30)39-28)40-22(34)9-6-16-4-7-17(37-3)8-5-16/h4-10,12,21,25-26,28-30,32,35-36H,11,13H2,1-3H3/t21-,25-,26+,28+,29-/m1/s1. The van der Waals surface area contributed by atoms with Gasteiger partial charge in [0.05, 0.1) is 31.1 Å². The van der Waals surface area contributed by atoms with Crippen molar-refractivity contribution in [2.45, 2.75) is 50.8 Å². The fourth-order valence-electron chi connectivity index (χ4n) is 4.69. The van der Waals surface area contributed by atoms with Crippen molar-refractivity contribution in [3.8, 4) is 11.5 Å². The van der Waals surface area contributed by atoms with Gasteiger partial charge < -0.3 is 39.1 Å². The van der Waals surface area contributed by atoms with Gasteiger partial charge in [-0.25, -0.2) is 4.79 Å². The van der Waals surface area contributed by atoms with Crippen molar-refractivity contribution in [1.29, 1.82) is 0 Å². The minimum atomic E-state index is -1.75. The number of hydrogen-bond donors (Lipinski definition) is 4. The van der Waals surface area contributed by atoms with Crippen molar-refractivity contribution in [1.82, 2.24) is 0 Å². The number of Topliss-reactive ketones (excluding diaryl/α,β-unsaturated/α-hetero) is 1. The number of phenolic OH excluding ortho intramolecular Hbond substituents is 1. The minimum Gasteiger partial charge on any atom is -0.507 e. The van der Waals surface area contributed by atoms with E-state index < -0.39 is 54.3 Å². The predicted molar refractivity (Wildman–Crippen MR) is 142 cm³/mol. The van der Waals surface area contributed by atoms with Crippen molar-refractivity contribution in [2.24, 2.45) is 0 Å². The maximum atomic E-state index is 13.0. The summed E-state index contributed by atoms with van der Waals surface area (Å²) in [7, 11) is 1.52. The van der Waals surface area contributed by atoms with Gasteiger partial charge in [0.1, 0.15) is 53.0 Å². The van der Waals surface area contributed by atoms with E-state index in [4.69, 9.17) is 18.6 Å². The van der Waals surface area contributed by atoms with Crippen molar-refractivity contribution < 1.29 is 48.6 Å². The number of rotatable bonds is 8. The van der Waals surface area contributed by atoms with E-state index in [2.05, 4.69) is 0 Å². The fraction of sp³-hybridized carbons (Fsp3) is 0.345. The highest BCUT2D eigenvalue weighted by atomic mass is 16.6. The van der Waals surface area contributed by atoms with Crippen molar-refractivity contribution >= 4 is 28.8 Å². The number of esters is 1. The van der Waals surface area contributed by atoms with Crippen LogP contribution in [-0.4, -0.2) is 70.3 Å². The normalized spacial score (nSPS) is 22.9. The second-order valence-corrected chi connectivity index (χ2v) is 9.55. The first-order valence-electron chi connectivity index (χ1n) is 12.5. The molecule has 11 nitrogen and oxygen atoms in total. The number of aryl methyl sites for hydroxylation is 1. The Bertz CT molecular complexity index is 1490. The van der Waals surface area contributed by atoms with Crippen LogP contribution in [0.25, 0.3) is 17.0 Å². The van der Waals surface area contributed by atoms with Crippen LogP contribution in [0.2, 0.25) is 0 Å². The first kappa shape index (κ1) is 29.0. The Labute approximate surface area is 228 Å². The molecule has 1 saturated heterocycles. The Morgan fingerprint density at radius 2 is 1.80 bits per heavy atom. The molecule has 4 rings (SSSR count). The van der Waals surface area contributed by atoms with E-state index in [1.54, 1.807) is 31.2 Å². The van der Waals surface area contributed by atoms with E-state index in [-0.39, 0.29) is 34.5 Å². The first-order valence-corrected chi connectivity index (χ1v) is 12.5. The zero-order valence-corrected chi connectivity index (χ0v) is 22.1. The van der Waals surface area contributed by atoms with Crippen LogP contribution in [0.1, 0.15) is 35.5 Å². The lowest BCUT2D eigenvalue weighted by Gasteiger charge is -2.42. The summed E-state index contributed by atoms with van der Waals surface area (Å²) in [6, 6.07) is 9.27. The number of fused-ring (bicyclic) bond motifs is 1. The molecule has 0 amide bonds. The number of benzene rings is 2. The number of carbonyl (C=O) groups excluding carboxylic acids is 2. The average Bonchev–Trinajstić information content (AvgIpc) is 2.90. The highest BCUT2D eigenvalue weighted by molar-refractivity contribution is 5.88. The highest BCUT2D eigenvalue weighted by Gasteiger charge is 2.48. The maximum Gasteiger partial charge on any atom is 0.331 e. The topological polar surface area (TPSA) is 173 Å². The molecule has 40 heavy (non-hydrogen) atoms. The van der Waals surface area contributed by atoms with Crippen LogP contribution in [0, 0.1) is 6.92 Å². The summed E-state index contributed by atoms with van der Waals surface area (Å²) in [6.07, 6.45) is -5.43. The van der Waals surface area contributed by atoms with Crippen LogP contribution >= 0.6 is 0 Å². The zero-order valence-electron chi connectivity index (χ0n) is 22.1. The molecule has 1 aliphatic rings. The Balaban J connectivity index is 1.78. The van der Waals surface area contributed by atoms with Crippen LogP contribution < -0.4 is 10.2 Å². The predicted octanol–water partition coefficient (Wildman–Crippen LogP) is 1.73. The third-order valence-electron chi connectivity index (χ3n) is 6.62. The molecule has 2 aromatic carbocycles. The number of ether oxygens (including phenoxy) is 3. The molecule has 2 heterocycles. The molecule has 1 aliphatic heterocycles. The molecule has 0 bridgehead atoms. The van der Waals surface area contributed by atoms with Crippen LogP contribution in [0.3, 0.4) is 0 Å². The van der Waals surface area contributed by atoms with Gasteiger partial charge in [-0.05, 0) is 49.2 Å². The molecule has 0 spiro atoms. The summed E-state index contributed by atoms with van der Waals surface area (Å²) in [4.78, 5) is 37.5. The fourth-order valence-corrected chi connectivity index (χ4v) is 4.69. The lowest BCUT2D eigenvalue weighted by atomic mass is 9.89. The van der Waals surface area contributed by atoms with Gasteiger partial charge in [0.15, 0.2) is 11.5 Å². The number of hydrogen-bond acceptors (Lipinski definition) is 11. The van der Waals surface area contributed by atoms with Crippen LogP contribution in [0.4, 0.5) is 0 Å². The van der Waals surface area contributed by atoms with E-state index >= 15 is 0 Å². The van der Waals surface area contributed by atoms with Gasteiger partial charge in [-0.1, -0.05) is 12.1 Å². The Kier molecular flexibility index (Phi) is 8.70. The SMILES string of the molecule is COc1ccc(C=CC(=O)O[C@@H]2[C@@H](O)[C@H](O)[C@@H](CO)O[C@H]2c2c(O)cc(C)c3c(=O)cc(CC(C)=O)oc23)cc1. The Morgan fingerprint density at radius 1 is 1.10 bits per heavy atom. The maximum absolute atomic E-state index is 13.0. The lowest BCUT2D eigenvalue weighted by molar-refractivity contribution is -0.239. The van der Waals surface area contributed by atoms with E-state index in [1.807, 2.05) is 0 Å². The van der Waals surface area contributed by atoms with Crippen LogP contribution in [0.5, 0.6) is 11.5 Å². The van der Waals surface area contributed by atoms with Gasteiger partial charge in [0, 0.05) is 12.1 Å². The summed E-state index contributed by atoms with van der Waals surface area (Å²) in [5.41, 5.74) is 0.246. The molecule has 1 aromatic heterocycles. The molecule has 0 saturated carbocycles. The molecule has 212 valence electrons. The highest BCUT2D eigenvalue weighted by Crippen LogP contribution is 2.42. The van der Waals surface area contributed by atoms with Gasteiger partial charge in [-0.3, -0.25) is 9.59 Å². The number of carbonyl (C=O) groups is 2. The molecular formula is C29H30O11. The van der Waals surface area contributed by atoms with Gasteiger partial charge in [-0.2, -0.15) is 0 Å². The molecule has 0 unspecified atom stereocenters. The summed E-state index contributed by atoms with van der Waals surface area (Å²) in [5, 5.41) is 42.3. The minimum absolute atomic E-state index is 0.0299. The molecule has 0 aliphatic carbocycles. The van der Waals surface area contributed by atoms with Gasteiger partial charge >= 0.3 is 5.97 Å². The van der Waals surface area contributed by atoms with Crippen molar-refractivity contribution in [3.63, 3.8) is 0 Å². The molecule has 1 fully saturated rings. The molecule has 5 atom stereocenters.